The van der Waals surface area contributed by atoms with Gasteiger partial charge in [-0.2, -0.15) is 5.26 Å². The molecule has 0 bridgehead atoms. The summed E-state index contributed by atoms with van der Waals surface area (Å²) in [6.45, 7) is 0. The SMILES string of the molecule is N#C/C(C(=S)Nc1ccc(Cl)cc1)=C1/Nc2cccnc2N1. The molecule has 22 heavy (non-hydrogen) atoms. The Balaban J connectivity index is 1.83. The molecule has 0 atom stereocenters. The topological polar surface area (TPSA) is 72.8 Å². The Morgan fingerprint density at radius 3 is 2.68 bits per heavy atom. The molecule has 2 aromatic rings. The highest BCUT2D eigenvalue weighted by molar-refractivity contribution is 7.81. The fourth-order valence-corrected chi connectivity index (χ4v) is 2.35. The second-order valence-corrected chi connectivity index (χ2v) is 5.32. The molecule has 0 saturated heterocycles. The standard InChI is InChI=1S/C15H10ClN5S/c16-9-3-5-10(6-4-9)19-15(22)11(8-17)13-20-12-2-1-7-18-14(12)21-13/h1-7,20H,(H,18,21)(H,19,22)/b13-11+. The van der Waals surface area contributed by atoms with Crippen LogP contribution >= 0.6 is 23.8 Å². The largest absolute Gasteiger partial charge is 0.345 e. The highest BCUT2D eigenvalue weighted by Gasteiger charge is 2.20. The molecular formula is C15H10ClN5S. The van der Waals surface area contributed by atoms with Gasteiger partial charge in [0.1, 0.15) is 22.5 Å². The van der Waals surface area contributed by atoms with Gasteiger partial charge < -0.3 is 16.0 Å². The van der Waals surface area contributed by atoms with Gasteiger partial charge in [0, 0.05) is 16.9 Å². The fourth-order valence-electron chi connectivity index (χ4n) is 1.96. The van der Waals surface area contributed by atoms with Crippen molar-refractivity contribution in [3.8, 4) is 6.07 Å². The minimum atomic E-state index is 0.308. The highest BCUT2D eigenvalue weighted by Crippen LogP contribution is 2.29. The van der Waals surface area contributed by atoms with Crippen molar-refractivity contribution in [3.05, 3.63) is 59.0 Å². The number of pyridine rings is 1. The minimum absolute atomic E-state index is 0.308. The third-order valence-electron chi connectivity index (χ3n) is 3.00. The van der Waals surface area contributed by atoms with E-state index in [-0.39, 0.29) is 0 Å². The quantitative estimate of drug-likeness (QED) is 0.443. The van der Waals surface area contributed by atoms with E-state index in [9.17, 15) is 5.26 Å². The van der Waals surface area contributed by atoms with Crippen LogP contribution in [0.5, 0.6) is 0 Å². The first kappa shape index (κ1) is 14.3. The van der Waals surface area contributed by atoms with Gasteiger partial charge in [-0.3, -0.25) is 0 Å². The van der Waals surface area contributed by atoms with Crippen LogP contribution in [0.2, 0.25) is 5.02 Å². The molecule has 1 aliphatic rings. The first-order valence-electron chi connectivity index (χ1n) is 6.38. The van der Waals surface area contributed by atoms with Crippen molar-refractivity contribution in [1.29, 1.82) is 5.26 Å². The molecule has 5 nitrogen and oxygen atoms in total. The molecule has 1 aliphatic heterocycles. The Morgan fingerprint density at radius 2 is 2.00 bits per heavy atom. The molecule has 1 aromatic carbocycles. The number of hydrogen-bond donors (Lipinski definition) is 3. The van der Waals surface area contributed by atoms with E-state index in [0.717, 1.165) is 11.4 Å². The molecule has 0 spiro atoms. The van der Waals surface area contributed by atoms with E-state index >= 15 is 0 Å². The van der Waals surface area contributed by atoms with Gasteiger partial charge in [-0.05, 0) is 36.4 Å². The molecule has 2 heterocycles. The molecule has 3 N–H and O–H groups in total. The van der Waals surface area contributed by atoms with Crippen LogP contribution in [0.15, 0.2) is 54.0 Å². The van der Waals surface area contributed by atoms with E-state index in [2.05, 4.69) is 27.0 Å². The first-order valence-corrected chi connectivity index (χ1v) is 7.16. The third-order valence-corrected chi connectivity index (χ3v) is 3.56. The second kappa shape index (κ2) is 6.02. The van der Waals surface area contributed by atoms with Crippen LogP contribution in [0.3, 0.4) is 0 Å². The van der Waals surface area contributed by atoms with Gasteiger partial charge in [0.2, 0.25) is 0 Å². The Labute approximate surface area is 137 Å². The smallest absolute Gasteiger partial charge is 0.155 e. The molecule has 0 radical (unpaired) electrons. The number of anilines is 3. The van der Waals surface area contributed by atoms with Crippen LogP contribution in [0.1, 0.15) is 0 Å². The van der Waals surface area contributed by atoms with E-state index in [1.807, 2.05) is 12.1 Å². The summed E-state index contributed by atoms with van der Waals surface area (Å²) in [6, 6.07) is 12.9. The number of benzene rings is 1. The third kappa shape index (κ3) is 2.86. The minimum Gasteiger partial charge on any atom is -0.345 e. The van der Waals surface area contributed by atoms with Gasteiger partial charge in [0.05, 0.1) is 5.69 Å². The second-order valence-electron chi connectivity index (χ2n) is 4.47. The van der Waals surface area contributed by atoms with E-state index in [1.165, 1.54) is 0 Å². The van der Waals surface area contributed by atoms with Gasteiger partial charge in [0.25, 0.3) is 0 Å². The summed E-state index contributed by atoms with van der Waals surface area (Å²) in [6.07, 6.45) is 1.67. The maximum absolute atomic E-state index is 9.40. The van der Waals surface area contributed by atoms with Crippen molar-refractivity contribution < 1.29 is 0 Å². The molecule has 7 heteroatoms. The zero-order valence-electron chi connectivity index (χ0n) is 11.2. The van der Waals surface area contributed by atoms with Gasteiger partial charge in [-0.1, -0.05) is 23.8 Å². The molecule has 0 fully saturated rings. The van der Waals surface area contributed by atoms with Crippen LogP contribution in [0.4, 0.5) is 17.2 Å². The van der Waals surface area contributed by atoms with E-state index in [4.69, 9.17) is 23.8 Å². The molecule has 0 aliphatic carbocycles. The van der Waals surface area contributed by atoms with Crippen molar-refractivity contribution in [2.45, 2.75) is 0 Å². The van der Waals surface area contributed by atoms with Gasteiger partial charge in [-0.15, -0.1) is 0 Å². The maximum Gasteiger partial charge on any atom is 0.155 e. The van der Waals surface area contributed by atoms with Crippen molar-refractivity contribution in [1.82, 2.24) is 4.98 Å². The highest BCUT2D eigenvalue weighted by atomic mass is 35.5. The number of thiocarbonyl (C=S) groups is 1. The number of hydrogen-bond acceptors (Lipinski definition) is 5. The summed E-state index contributed by atoms with van der Waals surface area (Å²) in [4.78, 5) is 4.50. The lowest BCUT2D eigenvalue weighted by atomic mass is 10.2. The zero-order chi connectivity index (χ0) is 15.5. The van der Waals surface area contributed by atoms with Crippen LogP contribution in [-0.4, -0.2) is 9.97 Å². The summed E-state index contributed by atoms with van der Waals surface area (Å²) >= 11 is 11.2. The molecule has 0 unspecified atom stereocenters. The van der Waals surface area contributed by atoms with Gasteiger partial charge >= 0.3 is 0 Å². The monoisotopic (exact) mass is 327 g/mol. The maximum atomic E-state index is 9.40. The van der Waals surface area contributed by atoms with Crippen molar-refractivity contribution in [3.63, 3.8) is 0 Å². The molecule has 1 aromatic heterocycles. The number of fused-ring (bicyclic) bond motifs is 1. The lowest BCUT2D eigenvalue weighted by Gasteiger charge is -2.09. The van der Waals surface area contributed by atoms with Crippen LogP contribution in [0.25, 0.3) is 0 Å². The predicted molar refractivity (Wildman–Crippen MR) is 91.8 cm³/mol. The molecule has 3 rings (SSSR count). The molecule has 0 amide bonds. The van der Waals surface area contributed by atoms with Crippen molar-refractivity contribution >= 4 is 46.0 Å². The number of nitrogens with zero attached hydrogens (tertiary/aromatic N) is 2. The number of nitrogens with one attached hydrogen (secondary N) is 3. The summed E-state index contributed by atoms with van der Waals surface area (Å²) in [5.41, 5.74) is 1.87. The van der Waals surface area contributed by atoms with Crippen molar-refractivity contribution in [2.24, 2.45) is 0 Å². The zero-order valence-corrected chi connectivity index (χ0v) is 12.8. The van der Waals surface area contributed by atoms with Crippen molar-refractivity contribution in [2.75, 3.05) is 16.0 Å². The summed E-state index contributed by atoms with van der Waals surface area (Å²) in [5.74, 6) is 1.18. The summed E-state index contributed by atoms with van der Waals surface area (Å²) in [5, 5.41) is 19.2. The Kier molecular flexibility index (Phi) is 3.92. The normalized spacial score (nSPS) is 14.2. The fraction of sp³-hybridized carbons (Fsp3) is 0. The van der Waals surface area contributed by atoms with E-state index in [1.54, 1.807) is 30.5 Å². The van der Waals surface area contributed by atoms with Gasteiger partial charge in [-0.25, -0.2) is 4.98 Å². The Hall–Kier alpha value is -2.62. The summed E-state index contributed by atoms with van der Waals surface area (Å²) < 4.78 is 0. The average Bonchev–Trinajstić information content (AvgIpc) is 2.94. The first-order chi connectivity index (χ1) is 10.7. The average molecular weight is 328 g/mol. The number of halogens is 1. The molecular weight excluding hydrogens is 318 g/mol. The number of nitriles is 1. The van der Waals surface area contributed by atoms with Crippen LogP contribution < -0.4 is 16.0 Å². The Bertz CT molecular complexity index is 780. The van der Waals surface area contributed by atoms with Crippen LogP contribution in [-0.2, 0) is 0 Å². The number of rotatable bonds is 2. The molecule has 108 valence electrons. The number of aromatic nitrogens is 1. The summed E-state index contributed by atoms with van der Waals surface area (Å²) in [7, 11) is 0. The van der Waals surface area contributed by atoms with E-state index < -0.39 is 0 Å². The lowest BCUT2D eigenvalue weighted by Crippen LogP contribution is -2.17. The predicted octanol–water partition coefficient (Wildman–Crippen LogP) is 3.75. The van der Waals surface area contributed by atoms with E-state index in [0.29, 0.717) is 27.2 Å². The molecule has 0 saturated carbocycles. The van der Waals surface area contributed by atoms with Gasteiger partial charge in [0.15, 0.2) is 5.82 Å². The van der Waals surface area contributed by atoms with Crippen LogP contribution in [0, 0.1) is 11.3 Å². The Morgan fingerprint density at radius 1 is 1.23 bits per heavy atom. The lowest BCUT2D eigenvalue weighted by molar-refractivity contribution is 1.33.